The number of pyridine rings is 1. The van der Waals surface area contributed by atoms with Crippen molar-refractivity contribution in [2.75, 3.05) is 5.32 Å². The molecule has 2 nitrogen and oxygen atoms in total. The molecule has 2 unspecified atom stereocenters. The third-order valence-corrected chi connectivity index (χ3v) is 3.02. The summed E-state index contributed by atoms with van der Waals surface area (Å²) in [5.74, 6) is 1.93. The molecule has 0 amide bonds. The number of aryl methyl sites for hydroxylation is 1. The van der Waals surface area contributed by atoms with E-state index in [9.17, 15) is 0 Å². The molecule has 1 N–H and O–H groups in total. The van der Waals surface area contributed by atoms with Crippen LogP contribution in [0.3, 0.4) is 0 Å². The maximum Gasteiger partial charge on any atom is 0.129 e. The molecule has 1 saturated carbocycles. The molecule has 0 saturated heterocycles. The molecule has 0 aromatic carbocycles. The molecule has 2 atom stereocenters. The third kappa shape index (κ3) is 1.05. The fourth-order valence-electron chi connectivity index (χ4n) is 2.23. The van der Waals surface area contributed by atoms with E-state index >= 15 is 0 Å². The van der Waals surface area contributed by atoms with E-state index in [1.807, 2.05) is 6.20 Å². The number of hydrogen-bond donors (Lipinski definition) is 1. The van der Waals surface area contributed by atoms with Crippen LogP contribution in [0.5, 0.6) is 0 Å². The molecule has 2 heterocycles. The minimum absolute atomic E-state index is 0.722. The molecule has 68 valence electrons. The van der Waals surface area contributed by atoms with Crippen molar-refractivity contribution in [2.24, 2.45) is 0 Å². The van der Waals surface area contributed by atoms with Crippen molar-refractivity contribution in [1.82, 2.24) is 4.98 Å². The van der Waals surface area contributed by atoms with Gasteiger partial charge in [-0.25, -0.2) is 4.98 Å². The fraction of sp³-hybridized carbons (Fsp3) is 0.545. The van der Waals surface area contributed by atoms with Crippen LogP contribution < -0.4 is 5.32 Å². The van der Waals surface area contributed by atoms with Crippen LogP contribution in [0.1, 0.15) is 36.8 Å². The lowest BCUT2D eigenvalue weighted by atomic mass is 10.1. The molecule has 2 heteroatoms. The molecular formula is C11H14N2. The molecule has 1 aliphatic carbocycles. The normalized spacial score (nSPS) is 27.8. The lowest BCUT2D eigenvalue weighted by Crippen LogP contribution is -1.99. The third-order valence-electron chi connectivity index (χ3n) is 3.02. The average Bonchev–Trinajstić information content (AvgIpc) is 2.81. The molecule has 0 spiro atoms. The van der Waals surface area contributed by atoms with Gasteiger partial charge in [0.05, 0.1) is 0 Å². The van der Waals surface area contributed by atoms with E-state index in [0.29, 0.717) is 0 Å². The maximum atomic E-state index is 4.45. The van der Waals surface area contributed by atoms with Crippen LogP contribution >= 0.6 is 0 Å². The summed E-state index contributed by atoms with van der Waals surface area (Å²) in [6, 6.07) is 3.07. The van der Waals surface area contributed by atoms with Gasteiger partial charge in [0.2, 0.25) is 0 Å². The Kier molecular flexibility index (Phi) is 1.40. The predicted molar refractivity (Wildman–Crippen MR) is 53.0 cm³/mol. The van der Waals surface area contributed by atoms with Gasteiger partial charge < -0.3 is 5.32 Å². The first kappa shape index (κ1) is 7.36. The first-order valence-electron chi connectivity index (χ1n) is 5.14. The number of anilines is 1. The van der Waals surface area contributed by atoms with E-state index in [4.69, 9.17) is 0 Å². The SMILES string of the molecule is CCCc1cnc2c(c1)C1CC1N2. The van der Waals surface area contributed by atoms with Crippen molar-refractivity contribution in [3.8, 4) is 0 Å². The smallest absolute Gasteiger partial charge is 0.129 e. The number of rotatable bonds is 2. The molecule has 13 heavy (non-hydrogen) atoms. The molecule has 1 fully saturated rings. The lowest BCUT2D eigenvalue weighted by Gasteiger charge is -2.04. The summed E-state index contributed by atoms with van der Waals surface area (Å²) in [6.45, 7) is 2.21. The lowest BCUT2D eigenvalue weighted by molar-refractivity contribution is 0.909. The van der Waals surface area contributed by atoms with Crippen molar-refractivity contribution in [3.63, 3.8) is 0 Å². The number of hydrogen-bond acceptors (Lipinski definition) is 2. The number of aromatic nitrogens is 1. The Morgan fingerprint density at radius 1 is 1.62 bits per heavy atom. The van der Waals surface area contributed by atoms with Gasteiger partial charge in [0.15, 0.2) is 0 Å². The van der Waals surface area contributed by atoms with Crippen LogP contribution in [0, 0.1) is 0 Å². The van der Waals surface area contributed by atoms with Gasteiger partial charge in [0.1, 0.15) is 5.82 Å². The van der Waals surface area contributed by atoms with E-state index in [2.05, 4.69) is 23.3 Å². The van der Waals surface area contributed by atoms with Gasteiger partial charge >= 0.3 is 0 Å². The molecule has 1 aliphatic heterocycles. The molecule has 1 aromatic rings. The van der Waals surface area contributed by atoms with Crippen molar-refractivity contribution in [1.29, 1.82) is 0 Å². The topological polar surface area (TPSA) is 24.9 Å². The summed E-state index contributed by atoms with van der Waals surface area (Å²) in [7, 11) is 0. The van der Waals surface area contributed by atoms with Crippen LogP contribution in [0.15, 0.2) is 12.3 Å². The Bertz CT molecular complexity index is 346. The highest BCUT2D eigenvalue weighted by molar-refractivity contribution is 5.59. The van der Waals surface area contributed by atoms with Gasteiger partial charge in [-0.2, -0.15) is 0 Å². The van der Waals surface area contributed by atoms with E-state index in [1.165, 1.54) is 24.0 Å². The Morgan fingerprint density at radius 2 is 2.54 bits per heavy atom. The average molecular weight is 174 g/mol. The summed E-state index contributed by atoms with van der Waals surface area (Å²) < 4.78 is 0. The standard InChI is InChI=1S/C11H14N2/c1-2-3-7-4-9-8-5-10(8)13-11(9)12-6-7/h4,6,8,10H,2-3,5H2,1H3,(H,12,13). The zero-order valence-electron chi connectivity index (χ0n) is 7.88. The summed E-state index contributed by atoms with van der Waals surface area (Å²) in [6.07, 6.45) is 5.71. The highest BCUT2D eigenvalue weighted by Crippen LogP contribution is 2.50. The molecule has 0 bridgehead atoms. The summed E-state index contributed by atoms with van der Waals surface area (Å²) in [5.41, 5.74) is 2.87. The van der Waals surface area contributed by atoms with Crippen molar-refractivity contribution in [3.05, 3.63) is 23.4 Å². The fourth-order valence-corrected chi connectivity index (χ4v) is 2.23. The van der Waals surface area contributed by atoms with Crippen molar-refractivity contribution in [2.45, 2.75) is 38.1 Å². The monoisotopic (exact) mass is 174 g/mol. The van der Waals surface area contributed by atoms with Gasteiger partial charge in [0.25, 0.3) is 0 Å². The van der Waals surface area contributed by atoms with Crippen molar-refractivity contribution < 1.29 is 0 Å². The largest absolute Gasteiger partial charge is 0.366 e. The Morgan fingerprint density at radius 3 is 3.38 bits per heavy atom. The highest BCUT2D eigenvalue weighted by atomic mass is 15.1. The predicted octanol–water partition coefficient (Wildman–Crippen LogP) is 2.32. The molecular weight excluding hydrogens is 160 g/mol. The summed E-state index contributed by atoms with van der Waals surface area (Å²) >= 11 is 0. The quantitative estimate of drug-likeness (QED) is 0.744. The van der Waals surface area contributed by atoms with Gasteiger partial charge in [-0.15, -0.1) is 0 Å². The molecule has 3 rings (SSSR count). The second-order valence-corrected chi connectivity index (χ2v) is 4.12. The van der Waals surface area contributed by atoms with E-state index in [0.717, 1.165) is 24.2 Å². The number of fused-ring (bicyclic) bond motifs is 3. The van der Waals surface area contributed by atoms with Crippen LogP contribution in [-0.4, -0.2) is 11.0 Å². The van der Waals surface area contributed by atoms with Crippen molar-refractivity contribution >= 4 is 5.82 Å². The van der Waals surface area contributed by atoms with Gasteiger partial charge in [-0.3, -0.25) is 0 Å². The highest BCUT2D eigenvalue weighted by Gasteiger charge is 2.45. The zero-order valence-corrected chi connectivity index (χ0v) is 7.88. The summed E-state index contributed by atoms with van der Waals surface area (Å²) in [4.78, 5) is 4.45. The van der Waals surface area contributed by atoms with Crippen LogP contribution in [-0.2, 0) is 6.42 Å². The van der Waals surface area contributed by atoms with E-state index in [-0.39, 0.29) is 0 Å². The summed E-state index contributed by atoms with van der Waals surface area (Å²) in [5, 5.41) is 3.43. The van der Waals surface area contributed by atoms with Crippen LogP contribution in [0.4, 0.5) is 5.82 Å². The van der Waals surface area contributed by atoms with Crippen LogP contribution in [0.2, 0.25) is 0 Å². The molecule has 0 radical (unpaired) electrons. The number of nitrogens with one attached hydrogen (secondary N) is 1. The molecule has 1 aromatic heterocycles. The first-order valence-corrected chi connectivity index (χ1v) is 5.14. The van der Waals surface area contributed by atoms with Crippen LogP contribution in [0.25, 0.3) is 0 Å². The van der Waals surface area contributed by atoms with Gasteiger partial charge in [0, 0.05) is 18.2 Å². The molecule has 2 aliphatic rings. The minimum atomic E-state index is 0.722. The maximum absolute atomic E-state index is 4.45. The minimum Gasteiger partial charge on any atom is -0.366 e. The van der Waals surface area contributed by atoms with Gasteiger partial charge in [-0.05, 0) is 24.0 Å². The zero-order chi connectivity index (χ0) is 8.84. The Hall–Kier alpha value is -1.05. The first-order chi connectivity index (χ1) is 6.38. The van der Waals surface area contributed by atoms with E-state index in [1.54, 1.807) is 0 Å². The number of nitrogens with zero attached hydrogens (tertiary/aromatic N) is 1. The van der Waals surface area contributed by atoms with Gasteiger partial charge in [-0.1, -0.05) is 19.4 Å². The second-order valence-electron chi connectivity index (χ2n) is 4.12. The Labute approximate surface area is 78.4 Å². The van der Waals surface area contributed by atoms with E-state index < -0.39 is 0 Å². The second kappa shape index (κ2) is 2.47. The Balaban J connectivity index is 1.97.